The van der Waals surface area contributed by atoms with Crippen LogP contribution in [0.3, 0.4) is 0 Å². The topological polar surface area (TPSA) is 75.4 Å². The molecule has 1 fully saturated rings. The molecule has 5 nitrogen and oxygen atoms in total. The molecule has 1 aliphatic rings. The first-order chi connectivity index (χ1) is 5.75. The molecule has 0 saturated carbocycles. The highest BCUT2D eigenvalue weighted by Gasteiger charge is 2.22. The van der Waals surface area contributed by atoms with Crippen molar-refractivity contribution in [1.82, 2.24) is 10.3 Å². The number of hydrogen-bond acceptors (Lipinski definition) is 4. The highest BCUT2D eigenvalue weighted by Crippen LogP contribution is 2.08. The van der Waals surface area contributed by atoms with E-state index in [-0.39, 0.29) is 0 Å². The van der Waals surface area contributed by atoms with Crippen LogP contribution < -0.4 is 11.3 Å². The van der Waals surface area contributed by atoms with Crippen LogP contribution in [0.15, 0.2) is 0 Å². The molecule has 0 aromatic rings. The van der Waals surface area contributed by atoms with Crippen molar-refractivity contribution in [3.63, 3.8) is 0 Å². The maximum absolute atomic E-state index is 11.2. The fourth-order valence-electron chi connectivity index (χ4n) is 0.972. The minimum absolute atomic E-state index is 0.530. The summed E-state index contributed by atoms with van der Waals surface area (Å²) in [5.74, 6) is 5.35. The molecule has 2 amide bonds. The van der Waals surface area contributed by atoms with Gasteiger partial charge in [0.15, 0.2) is 0 Å². The molecule has 0 atom stereocenters. The van der Waals surface area contributed by atoms with Crippen LogP contribution in [0, 0.1) is 0 Å². The molecular formula is C6H11N3O2S. The number of hydrazine groups is 1. The molecule has 0 aromatic carbocycles. The molecule has 12 heavy (non-hydrogen) atoms. The Morgan fingerprint density at radius 1 is 1.33 bits per heavy atom. The summed E-state index contributed by atoms with van der Waals surface area (Å²) in [5.41, 5.74) is 1.83. The second kappa shape index (κ2) is 4.32. The van der Waals surface area contributed by atoms with E-state index in [1.807, 2.05) is 5.43 Å². The first kappa shape index (κ1) is 9.34. The Hall–Kier alpha value is -0.750. The van der Waals surface area contributed by atoms with E-state index in [9.17, 15) is 9.59 Å². The van der Waals surface area contributed by atoms with E-state index in [1.165, 1.54) is 4.90 Å². The zero-order chi connectivity index (χ0) is 8.97. The van der Waals surface area contributed by atoms with Gasteiger partial charge in [-0.05, 0) is 0 Å². The zero-order valence-electron chi connectivity index (χ0n) is 6.58. The Morgan fingerprint density at radius 3 is 2.42 bits per heavy atom. The van der Waals surface area contributed by atoms with Crippen molar-refractivity contribution in [2.24, 2.45) is 5.84 Å². The monoisotopic (exact) mass is 189 g/mol. The third-order valence-corrected chi connectivity index (χ3v) is 2.57. The van der Waals surface area contributed by atoms with E-state index in [0.717, 1.165) is 11.5 Å². The normalized spacial score (nSPS) is 17.2. The van der Waals surface area contributed by atoms with Crippen molar-refractivity contribution in [1.29, 1.82) is 0 Å². The molecule has 1 rings (SSSR count). The van der Waals surface area contributed by atoms with Crippen LogP contribution in [0.2, 0.25) is 0 Å². The molecule has 68 valence electrons. The Bertz CT molecular complexity index is 191. The summed E-state index contributed by atoms with van der Waals surface area (Å²) in [5, 5.41) is 0. The Labute approximate surface area is 74.6 Å². The summed E-state index contributed by atoms with van der Waals surface area (Å²) in [7, 11) is 0. The standard InChI is InChI=1S/C6H11N3O2S/c7-8-5(10)6(11)9-1-3-12-4-2-9/h1-4,7H2,(H,8,10). The molecule has 0 unspecified atom stereocenters. The van der Waals surface area contributed by atoms with Crippen molar-refractivity contribution < 1.29 is 9.59 Å². The lowest BCUT2D eigenvalue weighted by Gasteiger charge is -2.25. The molecule has 6 heteroatoms. The number of carbonyl (C=O) groups excluding carboxylic acids is 2. The predicted octanol–water partition coefficient (Wildman–Crippen LogP) is -1.45. The van der Waals surface area contributed by atoms with Crippen LogP contribution in [0.4, 0.5) is 0 Å². The van der Waals surface area contributed by atoms with Gasteiger partial charge >= 0.3 is 11.8 Å². The molecule has 0 spiro atoms. The van der Waals surface area contributed by atoms with Crippen LogP contribution in [0.5, 0.6) is 0 Å². The van der Waals surface area contributed by atoms with Crippen LogP contribution in [-0.4, -0.2) is 41.3 Å². The first-order valence-electron chi connectivity index (χ1n) is 3.63. The number of amides is 2. The number of nitrogens with one attached hydrogen (secondary N) is 1. The van der Waals surface area contributed by atoms with E-state index in [2.05, 4.69) is 0 Å². The Kier molecular flexibility index (Phi) is 3.36. The highest BCUT2D eigenvalue weighted by atomic mass is 32.2. The van der Waals surface area contributed by atoms with Gasteiger partial charge in [0, 0.05) is 24.6 Å². The molecule has 1 heterocycles. The minimum atomic E-state index is -0.734. The van der Waals surface area contributed by atoms with Gasteiger partial charge in [-0.1, -0.05) is 0 Å². The Balaban J connectivity index is 2.45. The molecule has 1 saturated heterocycles. The van der Waals surface area contributed by atoms with Crippen LogP contribution in [-0.2, 0) is 9.59 Å². The third kappa shape index (κ3) is 2.12. The minimum Gasteiger partial charge on any atom is -0.333 e. The molecule has 0 radical (unpaired) electrons. The lowest BCUT2D eigenvalue weighted by atomic mass is 10.4. The van der Waals surface area contributed by atoms with Crippen molar-refractivity contribution in [2.45, 2.75) is 0 Å². The summed E-state index contributed by atoms with van der Waals surface area (Å²) in [4.78, 5) is 23.4. The lowest BCUT2D eigenvalue weighted by molar-refractivity contribution is -0.145. The van der Waals surface area contributed by atoms with Crippen molar-refractivity contribution >= 4 is 23.6 Å². The zero-order valence-corrected chi connectivity index (χ0v) is 7.39. The smallest absolute Gasteiger partial charge is 0.323 e. The highest BCUT2D eigenvalue weighted by molar-refractivity contribution is 7.99. The molecule has 0 bridgehead atoms. The summed E-state index contributed by atoms with van der Waals surface area (Å²) in [6.45, 7) is 1.27. The lowest BCUT2D eigenvalue weighted by Crippen LogP contribution is -2.48. The molecule has 3 N–H and O–H groups in total. The van der Waals surface area contributed by atoms with Crippen molar-refractivity contribution in [3.8, 4) is 0 Å². The van der Waals surface area contributed by atoms with Gasteiger partial charge < -0.3 is 4.90 Å². The van der Waals surface area contributed by atoms with Gasteiger partial charge in [-0.3, -0.25) is 15.0 Å². The van der Waals surface area contributed by atoms with Gasteiger partial charge in [0.25, 0.3) is 0 Å². The summed E-state index contributed by atoms with van der Waals surface area (Å²) >= 11 is 1.78. The van der Waals surface area contributed by atoms with Gasteiger partial charge in [-0.25, -0.2) is 5.84 Å². The quantitative estimate of drug-likeness (QED) is 0.212. The second-order valence-electron chi connectivity index (χ2n) is 2.38. The first-order valence-corrected chi connectivity index (χ1v) is 4.79. The number of rotatable bonds is 0. The maximum Gasteiger partial charge on any atom is 0.323 e. The van der Waals surface area contributed by atoms with Gasteiger partial charge in [0.05, 0.1) is 0 Å². The average Bonchev–Trinajstić information content (AvgIpc) is 2.17. The van der Waals surface area contributed by atoms with Gasteiger partial charge in [-0.2, -0.15) is 11.8 Å². The number of hydrogen-bond donors (Lipinski definition) is 2. The number of thioether (sulfide) groups is 1. The van der Waals surface area contributed by atoms with Gasteiger partial charge in [0.2, 0.25) is 0 Å². The Morgan fingerprint density at radius 2 is 1.92 bits per heavy atom. The van der Waals surface area contributed by atoms with E-state index >= 15 is 0 Å². The van der Waals surface area contributed by atoms with Crippen molar-refractivity contribution in [2.75, 3.05) is 24.6 Å². The van der Waals surface area contributed by atoms with Crippen LogP contribution in [0.25, 0.3) is 0 Å². The molecule has 0 aliphatic carbocycles. The fraction of sp³-hybridized carbons (Fsp3) is 0.667. The summed E-state index contributed by atoms with van der Waals surface area (Å²) in [6, 6.07) is 0. The SMILES string of the molecule is NNC(=O)C(=O)N1CCSCC1. The van der Waals surface area contributed by atoms with E-state index in [0.29, 0.717) is 13.1 Å². The summed E-state index contributed by atoms with van der Waals surface area (Å²) in [6.07, 6.45) is 0. The largest absolute Gasteiger partial charge is 0.333 e. The van der Waals surface area contributed by atoms with Crippen LogP contribution in [0.1, 0.15) is 0 Å². The fourth-order valence-corrected chi connectivity index (χ4v) is 1.87. The second-order valence-corrected chi connectivity index (χ2v) is 3.60. The van der Waals surface area contributed by atoms with E-state index < -0.39 is 11.8 Å². The van der Waals surface area contributed by atoms with E-state index in [1.54, 1.807) is 11.8 Å². The maximum atomic E-state index is 11.2. The van der Waals surface area contributed by atoms with E-state index in [4.69, 9.17) is 5.84 Å². The summed E-state index contributed by atoms with van der Waals surface area (Å²) < 4.78 is 0. The molecular weight excluding hydrogens is 178 g/mol. The molecule has 0 aromatic heterocycles. The third-order valence-electron chi connectivity index (χ3n) is 1.62. The van der Waals surface area contributed by atoms with Gasteiger partial charge in [0.1, 0.15) is 0 Å². The number of nitrogens with zero attached hydrogens (tertiary/aromatic N) is 1. The molecule has 1 aliphatic heterocycles. The van der Waals surface area contributed by atoms with Gasteiger partial charge in [-0.15, -0.1) is 0 Å². The predicted molar refractivity (Wildman–Crippen MR) is 46.2 cm³/mol. The van der Waals surface area contributed by atoms with Crippen LogP contribution >= 0.6 is 11.8 Å². The average molecular weight is 189 g/mol. The van der Waals surface area contributed by atoms with Crippen molar-refractivity contribution in [3.05, 3.63) is 0 Å². The number of carbonyl (C=O) groups is 2. The number of nitrogens with two attached hydrogens (primary N) is 1.